The zero-order chi connectivity index (χ0) is 8.43. The molecule has 0 aromatic rings. The number of aliphatic hydroxyl groups is 1. The van der Waals surface area contributed by atoms with E-state index in [1.54, 1.807) is 0 Å². The zero-order valence-corrected chi connectivity index (χ0v) is 6.76. The van der Waals surface area contributed by atoms with E-state index in [1.165, 1.54) is 0 Å². The van der Waals surface area contributed by atoms with Crippen LogP contribution in [0.5, 0.6) is 0 Å². The highest BCUT2D eigenvalue weighted by atomic mass is 16.6. The molecule has 0 aromatic carbocycles. The summed E-state index contributed by atoms with van der Waals surface area (Å²) in [6.07, 6.45) is 0.241. The van der Waals surface area contributed by atoms with Gasteiger partial charge in [-0.3, -0.25) is 0 Å². The van der Waals surface area contributed by atoms with Crippen molar-refractivity contribution in [3.8, 4) is 0 Å². The number of cyclic esters (lactones) is 1. The van der Waals surface area contributed by atoms with Gasteiger partial charge < -0.3 is 9.84 Å². The molecule has 62 valence electrons. The Balaban J connectivity index is 2.75. The van der Waals surface area contributed by atoms with E-state index < -0.39 is 0 Å². The molecule has 3 nitrogen and oxygen atoms in total. The fourth-order valence-corrected chi connectivity index (χ4v) is 1.09. The second-order valence-corrected chi connectivity index (χ2v) is 2.89. The fraction of sp³-hybridized carbons (Fsp3) is 0.625. The molecule has 0 aromatic heterocycles. The minimum Gasteiger partial charge on any atom is -0.456 e. The minimum absolute atomic E-state index is 0.0808. The Bertz CT molecular complexity index is 201. The lowest BCUT2D eigenvalue weighted by Crippen LogP contribution is -2.10. The molecule has 1 N–H and O–H groups in total. The molecule has 1 atom stereocenters. The number of aliphatic hydroxyl groups excluding tert-OH is 1. The van der Waals surface area contributed by atoms with E-state index in [-0.39, 0.29) is 18.7 Å². The van der Waals surface area contributed by atoms with Gasteiger partial charge >= 0.3 is 5.97 Å². The monoisotopic (exact) mass is 156 g/mol. The van der Waals surface area contributed by atoms with Crippen LogP contribution in [0.4, 0.5) is 0 Å². The van der Waals surface area contributed by atoms with Crippen molar-refractivity contribution >= 4 is 5.97 Å². The van der Waals surface area contributed by atoms with E-state index >= 15 is 0 Å². The predicted molar refractivity (Wildman–Crippen MR) is 40.0 cm³/mol. The van der Waals surface area contributed by atoms with Crippen LogP contribution in [-0.4, -0.2) is 23.8 Å². The summed E-state index contributed by atoms with van der Waals surface area (Å²) >= 11 is 0. The number of carbonyl (C=O) groups excluding carboxylic acids is 1. The number of carbonyl (C=O) groups is 1. The molecule has 0 amide bonds. The number of hydrogen-bond acceptors (Lipinski definition) is 3. The number of rotatable bonds is 1. The van der Waals surface area contributed by atoms with Gasteiger partial charge in [-0.15, -0.1) is 0 Å². The second kappa shape index (κ2) is 3.05. The van der Waals surface area contributed by atoms with Crippen LogP contribution >= 0.6 is 0 Å². The van der Waals surface area contributed by atoms with Crippen LogP contribution in [0.25, 0.3) is 0 Å². The summed E-state index contributed by atoms with van der Waals surface area (Å²) in [5.74, 6) is -0.274. The highest BCUT2D eigenvalue weighted by Gasteiger charge is 2.28. The average Bonchev–Trinajstić information content (AvgIpc) is 2.30. The molecule has 1 fully saturated rings. The molecule has 1 aliphatic heterocycles. The van der Waals surface area contributed by atoms with Gasteiger partial charge in [-0.1, -0.05) is 5.57 Å². The molecule has 1 heterocycles. The van der Waals surface area contributed by atoms with Crippen molar-refractivity contribution in [2.24, 2.45) is 0 Å². The quantitative estimate of drug-likeness (QED) is 0.447. The molecular formula is C8H12O3. The molecule has 1 unspecified atom stereocenters. The van der Waals surface area contributed by atoms with E-state index in [2.05, 4.69) is 0 Å². The first kappa shape index (κ1) is 8.27. The summed E-state index contributed by atoms with van der Waals surface area (Å²) in [5.41, 5.74) is 1.69. The number of ether oxygens (including phenoxy) is 1. The second-order valence-electron chi connectivity index (χ2n) is 2.89. The Hall–Kier alpha value is -0.830. The minimum atomic E-state index is -0.313. The largest absolute Gasteiger partial charge is 0.456 e. The van der Waals surface area contributed by atoms with Crippen LogP contribution < -0.4 is 0 Å². The van der Waals surface area contributed by atoms with Crippen molar-refractivity contribution in [1.82, 2.24) is 0 Å². The van der Waals surface area contributed by atoms with Crippen LogP contribution in [0.3, 0.4) is 0 Å². The Labute approximate surface area is 65.7 Å². The summed E-state index contributed by atoms with van der Waals surface area (Å²) in [5, 5.41) is 8.68. The molecule has 3 heteroatoms. The third kappa shape index (κ3) is 1.60. The summed E-state index contributed by atoms with van der Waals surface area (Å²) < 4.78 is 4.84. The Morgan fingerprint density at radius 1 is 1.73 bits per heavy atom. The number of allylic oxidation sites excluding steroid dienone is 1. The summed E-state index contributed by atoms with van der Waals surface area (Å²) in [7, 11) is 0. The van der Waals surface area contributed by atoms with Crippen LogP contribution in [0, 0.1) is 0 Å². The van der Waals surface area contributed by atoms with Crippen LogP contribution in [0.15, 0.2) is 11.1 Å². The van der Waals surface area contributed by atoms with Crippen LogP contribution in [0.2, 0.25) is 0 Å². The lowest BCUT2D eigenvalue weighted by molar-refractivity contribution is -0.140. The lowest BCUT2D eigenvalue weighted by atomic mass is 10.1. The first-order valence-electron chi connectivity index (χ1n) is 3.63. The van der Waals surface area contributed by atoms with Crippen molar-refractivity contribution in [2.75, 3.05) is 6.61 Å². The first-order valence-corrected chi connectivity index (χ1v) is 3.63. The van der Waals surface area contributed by atoms with Crippen molar-refractivity contribution in [3.63, 3.8) is 0 Å². The maximum Gasteiger partial charge on any atom is 0.334 e. The molecule has 1 aliphatic rings. The molecule has 1 saturated heterocycles. The lowest BCUT2D eigenvalue weighted by Gasteiger charge is -2.00. The van der Waals surface area contributed by atoms with Crippen molar-refractivity contribution in [2.45, 2.75) is 26.4 Å². The van der Waals surface area contributed by atoms with Gasteiger partial charge in [0.1, 0.15) is 6.10 Å². The molecule has 0 aliphatic carbocycles. The Morgan fingerprint density at radius 2 is 2.36 bits per heavy atom. The average molecular weight is 156 g/mol. The van der Waals surface area contributed by atoms with E-state index in [9.17, 15) is 4.79 Å². The third-order valence-corrected chi connectivity index (χ3v) is 1.76. The number of esters is 1. The highest BCUT2D eigenvalue weighted by Crippen LogP contribution is 2.22. The number of hydrogen-bond donors (Lipinski definition) is 1. The topological polar surface area (TPSA) is 46.5 Å². The maximum atomic E-state index is 11.0. The molecule has 1 rings (SSSR count). The molecule has 0 spiro atoms. The predicted octanol–water partition coefficient (Wildman–Crippen LogP) is 0.631. The zero-order valence-electron chi connectivity index (χ0n) is 6.76. The van der Waals surface area contributed by atoms with E-state index in [0.29, 0.717) is 12.0 Å². The Kier molecular flexibility index (Phi) is 2.29. The van der Waals surface area contributed by atoms with E-state index in [0.717, 1.165) is 5.57 Å². The maximum absolute atomic E-state index is 11.0. The molecule has 11 heavy (non-hydrogen) atoms. The first-order chi connectivity index (χ1) is 5.15. The van der Waals surface area contributed by atoms with Crippen LogP contribution in [0.1, 0.15) is 20.3 Å². The van der Waals surface area contributed by atoms with Crippen molar-refractivity contribution in [1.29, 1.82) is 0 Å². The van der Waals surface area contributed by atoms with Gasteiger partial charge in [0, 0.05) is 12.0 Å². The third-order valence-electron chi connectivity index (χ3n) is 1.76. The van der Waals surface area contributed by atoms with Gasteiger partial charge in [0.25, 0.3) is 0 Å². The summed E-state index contributed by atoms with van der Waals surface area (Å²) in [6.45, 7) is 3.66. The smallest absolute Gasteiger partial charge is 0.334 e. The van der Waals surface area contributed by atoms with Crippen LogP contribution in [-0.2, 0) is 9.53 Å². The summed E-state index contributed by atoms with van der Waals surface area (Å²) in [4.78, 5) is 11.0. The van der Waals surface area contributed by atoms with Gasteiger partial charge in [-0.2, -0.15) is 0 Å². The Morgan fingerprint density at radius 3 is 2.64 bits per heavy atom. The van der Waals surface area contributed by atoms with Gasteiger partial charge in [-0.05, 0) is 13.8 Å². The van der Waals surface area contributed by atoms with Gasteiger partial charge in [0.05, 0.1) is 6.61 Å². The van der Waals surface area contributed by atoms with Crippen molar-refractivity contribution in [3.05, 3.63) is 11.1 Å². The fourth-order valence-electron chi connectivity index (χ4n) is 1.09. The SMILES string of the molecule is CC(C)=C1CC(CO)OC1=O. The molecule has 0 saturated carbocycles. The highest BCUT2D eigenvalue weighted by molar-refractivity contribution is 5.91. The van der Waals surface area contributed by atoms with Crippen molar-refractivity contribution < 1.29 is 14.6 Å². The molecule has 0 bridgehead atoms. The van der Waals surface area contributed by atoms with Gasteiger partial charge in [0.15, 0.2) is 0 Å². The standard InChI is InChI=1S/C8H12O3/c1-5(2)7-3-6(4-9)11-8(7)10/h6,9H,3-4H2,1-2H3. The normalized spacial score (nSPS) is 23.7. The van der Waals surface area contributed by atoms with E-state index in [1.807, 2.05) is 13.8 Å². The van der Waals surface area contributed by atoms with Gasteiger partial charge in [-0.25, -0.2) is 4.79 Å². The molecular weight excluding hydrogens is 144 g/mol. The van der Waals surface area contributed by atoms with Gasteiger partial charge in [0.2, 0.25) is 0 Å². The molecule has 0 radical (unpaired) electrons. The summed E-state index contributed by atoms with van der Waals surface area (Å²) in [6, 6.07) is 0. The van der Waals surface area contributed by atoms with E-state index in [4.69, 9.17) is 9.84 Å².